The number of benzene rings is 4. The third-order valence-electron chi connectivity index (χ3n) is 10.1. The lowest BCUT2D eigenvalue weighted by molar-refractivity contribution is -0.929. The van der Waals surface area contributed by atoms with Crippen LogP contribution in [0.3, 0.4) is 0 Å². The van der Waals surface area contributed by atoms with E-state index in [2.05, 4.69) is 24.5 Å². The molecule has 54 heavy (non-hydrogen) atoms. The Bertz CT molecular complexity index is 1910. The lowest BCUT2D eigenvalue weighted by Crippen LogP contribution is -2.55. The van der Waals surface area contributed by atoms with Gasteiger partial charge < -0.3 is 24.2 Å². The summed E-state index contributed by atoms with van der Waals surface area (Å²) in [6.07, 6.45) is -6.55. The van der Waals surface area contributed by atoms with Crippen LogP contribution in [0.25, 0.3) is 0 Å². The van der Waals surface area contributed by atoms with Crippen LogP contribution >= 0.6 is 0 Å². The smallest absolute Gasteiger partial charge is 0.451 e. The molecule has 2 fully saturated rings. The summed E-state index contributed by atoms with van der Waals surface area (Å²) in [5.74, 6) is -4.71. The number of carbonyl (C=O) groups excluding carboxylic acids is 3. The summed E-state index contributed by atoms with van der Waals surface area (Å²) in [6, 6.07) is 24.7. The van der Waals surface area contributed by atoms with Crippen LogP contribution in [0.4, 0.5) is 27.6 Å². The van der Waals surface area contributed by atoms with Gasteiger partial charge in [0.2, 0.25) is 11.8 Å². The highest BCUT2D eigenvalue weighted by molar-refractivity contribution is 6.03. The molecule has 0 aromatic heterocycles. The number of morpholine rings is 1. The average Bonchev–Trinajstić information content (AvgIpc) is 3.14. The first-order valence-electron chi connectivity index (χ1n) is 17.7. The van der Waals surface area contributed by atoms with Gasteiger partial charge in [-0.1, -0.05) is 60.7 Å². The van der Waals surface area contributed by atoms with E-state index in [1.807, 2.05) is 24.3 Å². The van der Waals surface area contributed by atoms with Gasteiger partial charge in [-0.15, -0.1) is 0 Å². The van der Waals surface area contributed by atoms with E-state index in [1.54, 1.807) is 12.1 Å². The summed E-state index contributed by atoms with van der Waals surface area (Å²) in [4.78, 5) is 39.7. The van der Waals surface area contributed by atoms with Gasteiger partial charge >= 0.3 is 12.1 Å². The molecule has 13 heteroatoms. The molecular weight excluding hydrogens is 709 g/mol. The number of amides is 2. The monoisotopic (exact) mass is 750 g/mol. The molecular formula is C41H41F5N3O5+. The molecule has 0 bridgehead atoms. The number of rotatable bonds is 13. The lowest BCUT2D eigenvalue weighted by atomic mass is 9.78. The minimum Gasteiger partial charge on any atom is -0.451 e. The number of hydrogen-bond acceptors (Lipinski definition) is 5. The molecule has 0 saturated carbocycles. The number of halogens is 5. The van der Waals surface area contributed by atoms with Crippen molar-refractivity contribution in [3.05, 3.63) is 137 Å². The van der Waals surface area contributed by atoms with E-state index in [9.17, 15) is 36.3 Å². The summed E-state index contributed by atoms with van der Waals surface area (Å²) in [5, 5.41) is 2.94. The zero-order valence-corrected chi connectivity index (χ0v) is 29.7. The van der Waals surface area contributed by atoms with Crippen molar-refractivity contribution >= 4 is 23.5 Å². The summed E-state index contributed by atoms with van der Waals surface area (Å²) in [6.45, 7) is 4.59. The van der Waals surface area contributed by atoms with Gasteiger partial charge in [0.25, 0.3) is 0 Å². The number of nitrogens with one attached hydrogen (secondary N) is 1. The Hall–Kier alpha value is -5.14. The number of β-lactam (4-membered cyclic amide) rings is 1. The first kappa shape index (κ1) is 38.6. The first-order valence-corrected chi connectivity index (χ1v) is 17.7. The third kappa shape index (κ3) is 9.50. The van der Waals surface area contributed by atoms with Gasteiger partial charge in [-0.3, -0.25) is 9.59 Å². The molecule has 2 amide bonds. The van der Waals surface area contributed by atoms with Crippen LogP contribution in [-0.2, 0) is 43.4 Å². The molecule has 0 radical (unpaired) electrons. The number of quaternary nitrogens is 1. The maximum absolute atomic E-state index is 13.8. The lowest BCUT2D eigenvalue weighted by Gasteiger charge is -2.48. The van der Waals surface area contributed by atoms with E-state index < -0.39 is 41.8 Å². The minimum absolute atomic E-state index is 0.0283. The largest absolute Gasteiger partial charge is 0.490 e. The minimum atomic E-state index is -5.25. The molecule has 2 saturated heterocycles. The normalized spacial score (nSPS) is 18.8. The molecule has 0 spiro atoms. The van der Waals surface area contributed by atoms with Crippen molar-refractivity contribution in [1.82, 2.24) is 5.32 Å². The van der Waals surface area contributed by atoms with Crippen LogP contribution in [0.15, 0.2) is 97.1 Å². The summed E-state index contributed by atoms with van der Waals surface area (Å²) < 4.78 is 78.0. The second-order valence-electron chi connectivity index (χ2n) is 14.1. The molecule has 8 nitrogen and oxygen atoms in total. The second-order valence-corrected chi connectivity index (χ2v) is 14.1. The van der Waals surface area contributed by atoms with Crippen LogP contribution in [0.2, 0.25) is 0 Å². The van der Waals surface area contributed by atoms with Crippen molar-refractivity contribution in [3.8, 4) is 0 Å². The van der Waals surface area contributed by atoms with Gasteiger partial charge in [0.1, 0.15) is 37.4 Å². The maximum Gasteiger partial charge on any atom is 0.490 e. The Balaban J connectivity index is 1.11. The molecule has 0 aliphatic carbocycles. The highest BCUT2D eigenvalue weighted by Crippen LogP contribution is 2.46. The molecule has 3 atom stereocenters. The zero-order valence-electron chi connectivity index (χ0n) is 29.7. The number of anilines is 1. The SMILES string of the molecule is C[N+]1(Cc2ccc(CC(=O)NCc3ccc(C4C(CCC(OC(=O)C(F)(F)F)c5ccc(F)cc5)C(=O)N4c4ccc(F)cc4)cc3)cc2)CCOCC1. The number of hydrogen-bond donors (Lipinski definition) is 1. The van der Waals surface area contributed by atoms with Crippen LogP contribution in [0, 0.1) is 17.6 Å². The second kappa shape index (κ2) is 16.5. The Morgan fingerprint density at radius 3 is 2.04 bits per heavy atom. The fourth-order valence-corrected chi connectivity index (χ4v) is 7.03. The van der Waals surface area contributed by atoms with E-state index >= 15 is 0 Å². The number of nitrogens with zero attached hydrogens (tertiary/aromatic N) is 2. The summed E-state index contributed by atoms with van der Waals surface area (Å²) in [7, 11) is 2.22. The molecule has 3 unspecified atom stereocenters. The van der Waals surface area contributed by atoms with Crippen molar-refractivity contribution in [1.29, 1.82) is 0 Å². The van der Waals surface area contributed by atoms with Gasteiger partial charge in [-0.25, -0.2) is 13.6 Å². The number of carbonyl (C=O) groups is 3. The first-order chi connectivity index (χ1) is 25.8. The summed E-state index contributed by atoms with van der Waals surface area (Å²) in [5.41, 5.74) is 4.19. The standard InChI is InChI=1S/C41H40F5N3O5/c1-49(20-22-53-23-21-49)26-29-4-2-27(3-5-29)24-37(50)47-25-28-6-8-31(9-7-28)38-35(39(51)48(38)34-16-14-33(43)15-17-34)18-19-36(54-40(52)41(44,45)46)30-10-12-32(42)13-11-30/h2-17,35-36,38H,18-26H2,1H3/p+1. The van der Waals surface area contributed by atoms with Crippen LogP contribution < -0.4 is 10.2 Å². The molecule has 1 N–H and O–H groups in total. The van der Waals surface area contributed by atoms with Crippen LogP contribution in [0.1, 0.15) is 52.8 Å². The predicted molar refractivity (Wildman–Crippen MR) is 190 cm³/mol. The highest BCUT2D eigenvalue weighted by atomic mass is 19.4. The zero-order chi connectivity index (χ0) is 38.5. The average molecular weight is 751 g/mol. The molecule has 2 aliphatic rings. The molecule has 2 aliphatic heterocycles. The van der Waals surface area contributed by atoms with E-state index in [0.717, 1.165) is 60.6 Å². The number of likely N-dealkylation sites (N-methyl/N-ethyl adjacent to an activating group) is 1. The van der Waals surface area contributed by atoms with Gasteiger partial charge in [0.15, 0.2) is 0 Å². The Morgan fingerprint density at radius 1 is 0.852 bits per heavy atom. The topological polar surface area (TPSA) is 84.9 Å². The van der Waals surface area contributed by atoms with Gasteiger partial charge in [0, 0.05) is 17.8 Å². The molecule has 2 heterocycles. The molecule has 6 rings (SSSR count). The highest BCUT2D eigenvalue weighted by Gasteiger charge is 2.49. The summed E-state index contributed by atoms with van der Waals surface area (Å²) >= 11 is 0. The van der Waals surface area contributed by atoms with Crippen molar-refractivity contribution in [3.63, 3.8) is 0 Å². The predicted octanol–water partition coefficient (Wildman–Crippen LogP) is 7.13. The Kier molecular flexibility index (Phi) is 11.8. The van der Waals surface area contributed by atoms with E-state index in [-0.39, 0.29) is 43.2 Å². The van der Waals surface area contributed by atoms with E-state index in [1.165, 1.54) is 46.9 Å². The van der Waals surface area contributed by atoms with Crippen molar-refractivity contribution in [2.45, 2.75) is 50.7 Å². The van der Waals surface area contributed by atoms with E-state index in [0.29, 0.717) is 11.3 Å². The number of esters is 1. The maximum atomic E-state index is 13.8. The van der Waals surface area contributed by atoms with Crippen molar-refractivity contribution < 1.29 is 50.3 Å². The quantitative estimate of drug-likeness (QED) is 0.0681. The van der Waals surface area contributed by atoms with Gasteiger partial charge in [-0.2, -0.15) is 13.2 Å². The number of alkyl halides is 3. The van der Waals surface area contributed by atoms with Crippen molar-refractivity contribution in [2.75, 3.05) is 38.3 Å². The Morgan fingerprint density at radius 2 is 1.43 bits per heavy atom. The molecule has 4 aromatic carbocycles. The van der Waals surface area contributed by atoms with E-state index in [4.69, 9.17) is 9.47 Å². The molecule has 4 aromatic rings. The fourth-order valence-electron chi connectivity index (χ4n) is 7.03. The van der Waals surface area contributed by atoms with Gasteiger partial charge in [-0.05, 0) is 71.5 Å². The van der Waals surface area contributed by atoms with Crippen LogP contribution in [0.5, 0.6) is 0 Å². The molecule has 284 valence electrons. The number of ether oxygens (including phenoxy) is 2. The van der Waals surface area contributed by atoms with Gasteiger partial charge in [0.05, 0.1) is 38.6 Å². The van der Waals surface area contributed by atoms with Crippen molar-refractivity contribution in [2.24, 2.45) is 5.92 Å². The fraction of sp³-hybridized carbons (Fsp3) is 0.341. The van der Waals surface area contributed by atoms with Crippen LogP contribution in [-0.4, -0.2) is 61.8 Å². The third-order valence-corrected chi connectivity index (χ3v) is 10.1. The Labute approximate surface area is 310 Å².